The fourth-order valence-electron chi connectivity index (χ4n) is 1.97. The van der Waals surface area contributed by atoms with Crippen LogP contribution in [-0.4, -0.2) is 22.9 Å². The lowest BCUT2D eigenvalue weighted by Crippen LogP contribution is -2.39. The van der Waals surface area contributed by atoms with Gasteiger partial charge in [0.2, 0.25) is 0 Å². The van der Waals surface area contributed by atoms with Crippen LogP contribution >= 0.6 is 0 Å². The number of halogens is 3. The van der Waals surface area contributed by atoms with E-state index in [9.17, 15) is 18.0 Å². The molecule has 0 spiro atoms. The molecule has 0 aliphatic carbocycles. The Hall–Kier alpha value is -1.95. The summed E-state index contributed by atoms with van der Waals surface area (Å²) in [7, 11) is 0. The first-order valence-electron chi connectivity index (χ1n) is 6.83. The summed E-state index contributed by atoms with van der Waals surface area (Å²) in [5, 5.41) is 3.36. The summed E-state index contributed by atoms with van der Waals surface area (Å²) in [6, 6.07) is 6.78. The summed E-state index contributed by atoms with van der Waals surface area (Å²) in [4.78, 5) is 16.0. The maximum Gasteiger partial charge on any atom is 0.418 e. The van der Waals surface area contributed by atoms with Gasteiger partial charge in [-0.2, -0.15) is 13.2 Å². The van der Waals surface area contributed by atoms with Gasteiger partial charge < -0.3 is 5.32 Å². The molecule has 0 bridgehead atoms. The predicted molar refractivity (Wildman–Crippen MR) is 78.8 cm³/mol. The summed E-state index contributed by atoms with van der Waals surface area (Å²) >= 11 is 0. The molecule has 2 rings (SSSR count). The van der Waals surface area contributed by atoms with Crippen molar-refractivity contribution in [3.05, 3.63) is 41.6 Å². The number of alkyl halides is 3. The number of hydrogen-bond donors (Lipinski definition) is 1. The Morgan fingerprint density at radius 3 is 2.41 bits per heavy atom. The van der Waals surface area contributed by atoms with Crippen LogP contribution in [0.2, 0.25) is 0 Å². The summed E-state index contributed by atoms with van der Waals surface area (Å²) in [6.45, 7) is 5.72. The van der Waals surface area contributed by atoms with Gasteiger partial charge in [-0.05, 0) is 32.9 Å². The molecule has 1 aromatic heterocycles. The maximum atomic E-state index is 13.0. The Morgan fingerprint density at radius 2 is 1.82 bits per heavy atom. The van der Waals surface area contributed by atoms with E-state index in [1.54, 1.807) is 6.07 Å². The van der Waals surface area contributed by atoms with Crippen LogP contribution in [0.5, 0.6) is 0 Å². The van der Waals surface area contributed by atoms with E-state index >= 15 is 0 Å². The number of ketones is 1. The number of carbonyl (C=O) groups is 1. The zero-order chi connectivity index (χ0) is 16.5. The normalized spacial score (nSPS) is 12.6. The molecule has 0 unspecified atom stereocenters. The van der Waals surface area contributed by atoms with Crippen molar-refractivity contribution in [1.82, 2.24) is 10.3 Å². The third kappa shape index (κ3) is 3.82. The summed E-state index contributed by atoms with van der Waals surface area (Å²) < 4.78 is 39.1. The molecular formula is C16H17F3N2O. The Morgan fingerprint density at radius 1 is 1.14 bits per heavy atom. The molecule has 0 amide bonds. The molecule has 0 aliphatic heterocycles. The molecule has 2 aromatic rings. The van der Waals surface area contributed by atoms with Gasteiger partial charge in [-0.25, -0.2) is 4.98 Å². The lowest BCUT2D eigenvalue weighted by molar-refractivity contribution is -0.136. The number of nitrogens with zero attached hydrogens (tertiary/aromatic N) is 1. The van der Waals surface area contributed by atoms with Gasteiger partial charge in [0.15, 0.2) is 5.78 Å². The average Bonchev–Trinajstić information content (AvgIpc) is 2.41. The number of rotatable bonds is 3. The van der Waals surface area contributed by atoms with Gasteiger partial charge in [0.1, 0.15) is 5.69 Å². The number of aromatic nitrogens is 1. The van der Waals surface area contributed by atoms with Gasteiger partial charge in [-0.15, -0.1) is 0 Å². The van der Waals surface area contributed by atoms with Crippen molar-refractivity contribution in [3.8, 4) is 0 Å². The zero-order valence-corrected chi connectivity index (χ0v) is 12.6. The molecule has 1 aromatic carbocycles. The Kier molecular flexibility index (Phi) is 4.24. The molecule has 1 heterocycles. The van der Waals surface area contributed by atoms with Crippen LogP contribution in [0.4, 0.5) is 13.2 Å². The lowest BCUT2D eigenvalue weighted by atomic mass is 10.1. The number of carbonyl (C=O) groups excluding carboxylic acids is 1. The maximum absolute atomic E-state index is 13.0. The van der Waals surface area contributed by atoms with Crippen molar-refractivity contribution < 1.29 is 18.0 Å². The Balaban J connectivity index is 2.39. The highest BCUT2D eigenvalue weighted by molar-refractivity contribution is 5.98. The molecule has 0 radical (unpaired) electrons. The monoisotopic (exact) mass is 310 g/mol. The minimum absolute atomic E-state index is 0.0240. The molecular weight excluding hydrogens is 293 g/mol. The van der Waals surface area contributed by atoms with Gasteiger partial charge in [0.25, 0.3) is 0 Å². The minimum Gasteiger partial charge on any atom is -0.305 e. The van der Waals surface area contributed by atoms with Crippen molar-refractivity contribution in [2.24, 2.45) is 0 Å². The van der Waals surface area contributed by atoms with Crippen molar-refractivity contribution in [2.75, 3.05) is 6.54 Å². The van der Waals surface area contributed by atoms with Gasteiger partial charge in [-0.1, -0.05) is 18.2 Å². The van der Waals surface area contributed by atoms with Gasteiger partial charge >= 0.3 is 6.18 Å². The smallest absolute Gasteiger partial charge is 0.305 e. The molecule has 0 fully saturated rings. The third-order valence-electron chi connectivity index (χ3n) is 3.09. The molecule has 22 heavy (non-hydrogen) atoms. The second-order valence-corrected chi connectivity index (χ2v) is 6.10. The largest absolute Gasteiger partial charge is 0.418 e. The number of benzene rings is 1. The first-order valence-corrected chi connectivity index (χ1v) is 6.83. The van der Waals surface area contributed by atoms with Gasteiger partial charge in [0.05, 0.1) is 17.6 Å². The van der Waals surface area contributed by atoms with Crippen molar-refractivity contribution in [1.29, 1.82) is 0 Å². The fraction of sp³-hybridized carbons (Fsp3) is 0.375. The minimum atomic E-state index is -4.50. The first kappa shape index (κ1) is 16.4. The van der Waals surface area contributed by atoms with E-state index in [1.165, 1.54) is 18.2 Å². The highest BCUT2D eigenvalue weighted by atomic mass is 19.4. The molecule has 0 saturated carbocycles. The summed E-state index contributed by atoms with van der Waals surface area (Å²) in [5.74, 6) is -0.339. The van der Waals surface area contributed by atoms with Gasteiger partial charge in [0, 0.05) is 10.9 Å². The quantitative estimate of drug-likeness (QED) is 0.876. The van der Waals surface area contributed by atoms with Gasteiger partial charge in [-0.3, -0.25) is 4.79 Å². The average molecular weight is 310 g/mol. The van der Waals surface area contributed by atoms with Crippen LogP contribution < -0.4 is 5.32 Å². The third-order valence-corrected chi connectivity index (χ3v) is 3.09. The van der Waals surface area contributed by atoms with E-state index in [1.807, 2.05) is 20.8 Å². The van der Waals surface area contributed by atoms with Crippen LogP contribution in [0.1, 0.15) is 36.8 Å². The van der Waals surface area contributed by atoms with E-state index in [2.05, 4.69) is 10.3 Å². The van der Waals surface area contributed by atoms with Crippen molar-refractivity contribution in [3.63, 3.8) is 0 Å². The number of pyridine rings is 1. The number of fused-ring (bicyclic) bond motifs is 1. The SMILES string of the molecule is CC(C)(C)NCC(=O)c1ccc2cccc(C(F)(F)F)c2n1. The highest BCUT2D eigenvalue weighted by Crippen LogP contribution is 2.33. The molecule has 0 aliphatic rings. The summed E-state index contributed by atoms with van der Waals surface area (Å²) in [6.07, 6.45) is -4.50. The van der Waals surface area contributed by atoms with Crippen molar-refractivity contribution >= 4 is 16.7 Å². The second kappa shape index (κ2) is 5.68. The topological polar surface area (TPSA) is 42.0 Å². The van der Waals surface area contributed by atoms with Crippen LogP contribution in [0.3, 0.4) is 0 Å². The lowest BCUT2D eigenvalue weighted by Gasteiger charge is -2.19. The van der Waals surface area contributed by atoms with E-state index in [4.69, 9.17) is 0 Å². The number of nitrogens with one attached hydrogen (secondary N) is 1. The van der Waals surface area contributed by atoms with Crippen LogP contribution in [-0.2, 0) is 6.18 Å². The molecule has 3 nitrogen and oxygen atoms in total. The van der Waals surface area contributed by atoms with E-state index in [-0.39, 0.29) is 29.1 Å². The number of Topliss-reactive ketones (excluding diaryl/α,β-unsaturated/α-hetero) is 1. The summed E-state index contributed by atoms with van der Waals surface area (Å²) in [5.41, 5.74) is -1.26. The molecule has 0 atom stereocenters. The van der Waals surface area contributed by atoms with E-state index < -0.39 is 11.7 Å². The fourth-order valence-corrected chi connectivity index (χ4v) is 1.97. The molecule has 0 saturated heterocycles. The number of para-hydroxylation sites is 1. The van der Waals surface area contributed by atoms with Crippen LogP contribution in [0, 0.1) is 0 Å². The zero-order valence-electron chi connectivity index (χ0n) is 12.6. The highest BCUT2D eigenvalue weighted by Gasteiger charge is 2.33. The van der Waals surface area contributed by atoms with E-state index in [0.29, 0.717) is 5.39 Å². The van der Waals surface area contributed by atoms with E-state index in [0.717, 1.165) is 6.07 Å². The molecule has 6 heteroatoms. The molecule has 118 valence electrons. The van der Waals surface area contributed by atoms with Crippen LogP contribution in [0.25, 0.3) is 10.9 Å². The standard InChI is InChI=1S/C16H17F3N2O/c1-15(2,3)20-9-13(22)12-8-7-10-5-4-6-11(14(10)21-12)16(17,18)19/h4-8,20H,9H2,1-3H3. The predicted octanol–water partition coefficient (Wildman–Crippen LogP) is 3.82. The Bertz CT molecular complexity index is 703. The Labute approximate surface area is 126 Å². The molecule has 1 N–H and O–H groups in total. The second-order valence-electron chi connectivity index (χ2n) is 6.10. The van der Waals surface area contributed by atoms with Crippen LogP contribution in [0.15, 0.2) is 30.3 Å². The first-order chi connectivity index (χ1) is 10.1. The number of hydrogen-bond acceptors (Lipinski definition) is 3. The van der Waals surface area contributed by atoms with Crippen molar-refractivity contribution in [2.45, 2.75) is 32.5 Å².